The van der Waals surface area contributed by atoms with Crippen molar-refractivity contribution in [1.82, 2.24) is 0 Å². The number of rotatable bonds is 4. The number of methoxy groups -OCH3 is 1. The number of fused-ring (bicyclic) bond motifs is 1. The first kappa shape index (κ1) is 17.2. The second-order valence-electron chi connectivity index (χ2n) is 5.81. The van der Waals surface area contributed by atoms with Gasteiger partial charge in [-0.15, -0.1) is 0 Å². The number of amides is 1. The van der Waals surface area contributed by atoms with Gasteiger partial charge in [0.05, 0.1) is 23.7 Å². The Bertz CT molecular complexity index is 942. The monoisotopic (exact) mass is 357 g/mol. The van der Waals surface area contributed by atoms with Crippen molar-refractivity contribution in [3.63, 3.8) is 0 Å². The van der Waals surface area contributed by atoms with Gasteiger partial charge in [-0.1, -0.05) is 35.9 Å². The van der Waals surface area contributed by atoms with Crippen molar-refractivity contribution in [2.24, 2.45) is 0 Å². The highest BCUT2D eigenvalue weighted by atomic mass is 35.5. The summed E-state index contributed by atoms with van der Waals surface area (Å²) >= 11 is 5.96. The van der Waals surface area contributed by atoms with E-state index >= 15 is 0 Å². The summed E-state index contributed by atoms with van der Waals surface area (Å²) in [5.74, 6) is -0.244. The van der Waals surface area contributed by atoms with E-state index in [0.717, 1.165) is 22.1 Å². The number of anilines is 1. The smallest absolute Gasteiger partial charge is 0.231 e. The predicted molar refractivity (Wildman–Crippen MR) is 99.0 cm³/mol. The summed E-state index contributed by atoms with van der Waals surface area (Å²) in [6, 6.07) is 15.5. The molecule has 0 aromatic heterocycles. The van der Waals surface area contributed by atoms with Crippen molar-refractivity contribution in [3.05, 3.63) is 71.0 Å². The molecule has 5 heteroatoms. The Morgan fingerprint density at radius 1 is 1.08 bits per heavy atom. The van der Waals surface area contributed by atoms with Crippen LogP contribution in [0.25, 0.3) is 10.8 Å². The minimum absolute atomic E-state index is 0.172. The van der Waals surface area contributed by atoms with E-state index < -0.39 is 5.82 Å². The molecule has 3 aromatic carbocycles. The quantitative estimate of drug-likeness (QED) is 0.680. The summed E-state index contributed by atoms with van der Waals surface area (Å²) in [5.41, 5.74) is 1.28. The van der Waals surface area contributed by atoms with Crippen LogP contribution in [-0.4, -0.2) is 13.0 Å². The highest BCUT2D eigenvalue weighted by Gasteiger charge is 2.17. The Morgan fingerprint density at radius 3 is 2.52 bits per heavy atom. The molecule has 0 aliphatic carbocycles. The normalized spacial score (nSPS) is 12.0. The van der Waals surface area contributed by atoms with Gasteiger partial charge in [-0.3, -0.25) is 4.79 Å². The van der Waals surface area contributed by atoms with Gasteiger partial charge in [0.25, 0.3) is 0 Å². The lowest BCUT2D eigenvalue weighted by atomic mass is 9.97. The fourth-order valence-corrected chi connectivity index (χ4v) is 2.84. The van der Waals surface area contributed by atoms with Crippen molar-refractivity contribution in [3.8, 4) is 5.75 Å². The molecule has 0 bridgehead atoms. The molecule has 0 unspecified atom stereocenters. The molecule has 0 saturated carbocycles. The van der Waals surface area contributed by atoms with Crippen molar-refractivity contribution in [1.29, 1.82) is 0 Å². The molecule has 1 N–H and O–H groups in total. The predicted octanol–water partition coefficient (Wildman–Crippen LogP) is 5.38. The largest absolute Gasteiger partial charge is 0.497 e. The first-order chi connectivity index (χ1) is 12.0. The van der Waals surface area contributed by atoms with Crippen LogP contribution in [0, 0.1) is 5.82 Å². The first-order valence-corrected chi connectivity index (χ1v) is 8.19. The molecular formula is C20H17ClFNO2. The minimum Gasteiger partial charge on any atom is -0.497 e. The van der Waals surface area contributed by atoms with E-state index in [9.17, 15) is 9.18 Å². The molecule has 0 aliphatic rings. The topological polar surface area (TPSA) is 38.3 Å². The molecule has 0 heterocycles. The lowest BCUT2D eigenvalue weighted by molar-refractivity contribution is -0.117. The van der Waals surface area contributed by atoms with Gasteiger partial charge in [0.1, 0.15) is 11.6 Å². The average Bonchev–Trinajstić information content (AvgIpc) is 2.62. The van der Waals surface area contributed by atoms with Gasteiger partial charge < -0.3 is 10.1 Å². The van der Waals surface area contributed by atoms with Gasteiger partial charge in [-0.2, -0.15) is 0 Å². The first-order valence-electron chi connectivity index (χ1n) is 7.81. The number of carbonyl (C=O) groups is 1. The SMILES string of the molecule is COc1ccc2cc([C@H](C)C(=O)Nc3ccc(F)cc3Cl)ccc2c1. The van der Waals surface area contributed by atoms with Crippen molar-refractivity contribution < 1.29 is 13.9 Å². The van der Waals surface area contributed by atoms with E-state index in [-0.39, 0.29) is 16.8 Å². The van der Waals surface area contributed by atoms with Gasteiger partial charge in [-0.25, -0.2) is 4.39 Å². The lowest BCUT2D eigenvalue weighted by Gasteiger charge is -2.14. The van der Waals surface area contributed by atoms with Crippen LogP contribution in [0.2, 0.25) is 5.02 Å². The second-order valence-corrected chi connectivity index (χ2v) is 6.21. The fourth-order valence-electron chi connectivity index (χ4n) is 2.62. The maximum Gasteiger partial charge on any atom is 0.231 e. The summed E-state index contributed by atoms with van der Waals surface area (Å²) < 4.78 is 18.3. The fraction of sp³-hybridized carbons (Fsp3) is 0.150. The van der Waals surface area contributed by atoms with Crippen LogP contribution in [0.5, 0.6) is 5.75 Å². The van der Waals surface area contributed by atoms with E-state index in [4.69, 9.17) is 16.3 Å². The lowest BCUT2D eigenvalue weighted by Crippen LogP contribution is -2.19. The molecule has 3 nitrogen and oxygen atoms in total. The van der Waals surface area contributed by atoms with E-state index in [0.29, 0.717) is 5.69 Å². The minimum atomic E-state index is -0.444. The summed E-state index contributed by atoms with van der Waals surface area (Å²) in [6.07, 6.45) is 0. The second kappa shape index (κ2) is 7.11. The molecule has 128 valence electrons. The summed E-state index contributed by atoms with van der Waals surface area (Å²) in [5, 5.41) is 4.98. The number of nitrogens with one attached hydrogen (secondary N) is 1. The average molecular weight is 358 g/mol. The highest BCUT2D eigenvalue weighted by molar-refractivity contribution is 6.33. The number of hydrogen-bond acceptors (Lipinski definition) is 2. The number of benzene rings is 3. The van der Waals surface area contributed by atoms with Crippen LogP contribution in [-0.2, 0) is 4.79 Å². The zero-order chi connectivity index (χ0) is 18.0. The summed E-state index contributed by atoms with van der Waals surface area (Å²) in [7, 11) is 1.63. The summed E-state index contributed by atoms with van der Waals surface area (Å²) in [6.45, 7) is 1.82. The Labute approximate surface area is 150 Å². The summed E-state index contributed by atoms with van der Waals surface area (Å²) in [4.78, 5) is 12.5. The molecule has 1 atom stereocenters. The Kier molecular flexibility index (Phi) is 4.91. The third-order valence-electron chi connectivity index (χ3n) is 4.15. The number of hydrogen-bond donors (Lipinski definition) is 1. The van der Waals surface area contributed by atoms with Crippen molar-refractivity contribution >= 4 is 34.0 Å². The molecule has 1 amide bonds. The van der Waals surface area contributed by atoms with Gasteiger partial charge in [0.2, 0.25) is 5.91 Å². The van der Waals surface area contributed by atoms with E-state index in [1.165, 1.54) is 18.2 Å². The maximum absolute atomic E-state index is 13.1. The molecule has 0 saturated heterocycles. The third-order valence-corrected chi connectivity index (χ3v) is 4.47. The van der Waals surface area contributed by atoms with Crippen LogP contribution in [0.4, 0.5) is 10.1 Å². The van der Waals surface area contributed by atoms with E-state index in [1.54, 1.807) is 7.11 Å². The van der Waals surface area contributed by atoms with E-state index in [2.05, 4.69) is 5.32 Å². The van der Waals surface area contributed by atoms with Crippen LogP contribution < -0.4 is 10.1 Å². The Balaban J connectivity index is 1.82. The Morgan fingerprint density at radius 2 is 1.80 bits per heavy atom. The molecule has 0 fully saturated rings. The zero-order valence-electron chi connectivity index (χ0n) is 13.8. The van der Waals surface area contributed by atoms with Crippen LogP contribution in [0.15, 0.2) is 54.6 Å². The van der Waals surface area contributed by atoms with E-state index in [1.807, 2.05) is 43.3 Å². The Hall–Kier alpha value is -2.59. The molecular weight excluding hydrogens is 341 g/mol. The van der Waals surface area contributed by atoms with Crippen LogP contribution in [0.1, 0.15) is 18.4 Å². The number of halogens is 2. The molecule has 3 rings (SSSR count). The van der Waals surface area contributed by atoms with Crippen LogP contribution >= 0.6 is 11.6 Å². The van der Waals surface area contributed by atoms with Crippen molar-refractivity contribution in [2.45, 2.75) is 12.8 Å². The number of carbonyl (C=O) groups excluding carboxylic acids is 1. The molecule has 0 radical (unpaired) electrons. The van der Waals surface area contributed by atoms with Crippen LogP contribution in [0.3, 0.4) is 0 Å². The number of ether oxygens (including phenoxy) is 1. The van der Waals surface area contributed by atoms with Crippen molar-refractivity contribution in [2.75, 3.05) is 12.4 Å². The zero-order valence-corrected chi connectivity index (χ0v) is 14.6. The molecule has 3 aromatic rings. The molecule has 0 spiro atoms. The van der Waals surface area contributed by atoms with Gasteiger partial charge >= 0.3 is 0 Å². The van der Waals surface area contributed by atoms with Gasteiger partial charge in [-0.05, 0) is 53.6 Å². The van der Waals surface area contributed by atoms with Gasteiger partial charge in [0.15, 0.2) is 0 Å². The maximum atomic E-state index is 13.1. The molecule has 0 aliphatic heterocycles. The standard InChI is InChI=1S/C20H17ClFNO2/c1-12(20(24)23-19-8-6-16(22)11-18(19)21)13-3-4-15-10-17(25-2)7-5-14(15)9-13/h3-12H,1-2H3,(H,23,24)/t12-/m0/s1. The molecule has 25 heavy (non-hydrogen) atoms. The van der Waals surface area contributed by atoms with Gasteiger partial charge in [0, 0.05) is 0 Å². The highest BCUT2D eigenvalue weighted by Crippen LogP contribution is 2.27. The third kappa shape index (κ3) is 3.74.